The molecular formula is C17H15Br2ClN2O3. The molecule has 2 rings (SSSR count). The summed E-state index contributed by atoms with van der Waals surface area (Å²) >= 11 is 12.5. The van der Waals surface area contributed by atoms with Crippen molar-refractivity contribution in [2.75, 3.05) is 6.61 Å². The lowest BCUT2D eigenvalue weighted by atomic mass is 10.1. The first kappa shape index (κ1) is 19.8. The van der Waals surface area contributed by atoms with Crippen molar-refractivity contribution in [3.05, 3.63) is 54.9 Å². The highest BCUT2D eigenvalue weighted by Crippen LogP contribution is 2.30. The van der Waals surface area contributed by atoms with Crippen LogP contribution in [0, 0.1) is 13.8 Å². The third kappa shape index (κ3) is 5.45. The Morgan fingerprint density at radius 2 is 1.92 bits per heavy atom. The molecule has 2 aromatic rings. The Balaban J connectivity index is 1.96. The van der Waals surface area contributed by atoms with E-state index in [2.05, 4.69) is 42.4 Å². The first-order chi connectivity index (χ1) is 11.8. The van der Waals surface area contributed by atoms with Gasteiger partial charge in [-0.2, -0.15) is 5.10 Å². The van der Waals surface area contributed by atoms with Gasteiger partial charge >= 0.3 is 0 Å². The van der Waals surface area contributed by atoms with Gasteiger partial charge in [0.1, 0.15) is 11.5 Å². The third-order valence-corrected chi connectivity index (χ3v) is 4.50. The van der Waals surface area contributed by atoms with Gasteiger partial charge in [0.05, 0.1) is 10.7 Å². The van der Waals surface area contributed by atoms with E-state index in [1.807, 2.05) is 26.0 Å². The number of halogens is 3. The van der Waals surface area contributed by atoms with E-state index in [0.717, 1.165) is 15.6 Å². The van der Waals surface area contributed by atoms with Crippen LogP contribution in [-0.4, -0.2) is 23.8 Å². The topological polar surface area (TPSA) is 70.9 Å². The van der Waals surface area contributed by atoms with Gasteiger partial charge in [-0.25, -0.2) is 5.43 Å². The van der Waals surface area contributed by atoms with Crippen LogP contribution in [0.2, 0.25) is 5.02 Å². The van der Waals surface area contributed by atoms with Crippen LogP contribution in [0.15, 0.2) is 38.3 Å². The van der Waals surface area contributed by atoms with E-state index >= 15 is 0 Å². The molecule has 0 aromatic heterocycles. The Kier molecular flexibility index (Phi) is 6.87. The molecule has 0 aliphatic rings. The first-order valence-corrected chi connectivity index (χ1v) is 9.13. The van der Waals surface area contributed by atoms with E-state index in [4.69, 9.17) is 16.3 Å². The fourth-order valence-corrected chi connectivity index (χ4v) is 3.67. The van der Waals surface area contributed by atoms with Gasteiger partial charge in [0.15, 0.2) is 6.61 Å². The van der Waals surface area contributed by atoms with Crippen molar-refractivity contribution in [1.82, 2.24) is 5.43 Å². The van der Waals surface area contributed by atoms with Crippen molar-refractivity contribution >= 4 is 55.6 Å². The summed E-state index contributed by atoms with van der Waals surface area (Å²) in [6.45, 7) is 3.64. The smallest absolute Gasteiger partial charge is 0.277 e. The molecule has 0 aliphatic carbocycles. The number of phenolic OH excluding ortho intramolecular Hbond substituents is 1. The van der Waals surface area contributed by atoms with Crippen LogP contribution in [0.4, 0.5) is 0 Å². The number of carbonyl (C=O) groups is 1. The Morgan fingerprint density at radius 1 is 1.28 bits per heavy atom. The van der Waals surface area contributed by atoms with Crippen molar-refractivity contribution in [2.24, 2.45) is 5.10 Å². The van der Waals surface area contributed by atoms with Gasteiger partial charge in [0, 0.05) is 15.1 Å². The second-order valence-corrected chi connectivity index (χ2v) is 7.48. The molecule has 132 valence electrons. The number of rotatable bonds is 5. The molecule has 0 saturated carbocycles. The van der Waals surface area contributed by atoms with Gasteiger partial charge in [-0.1, -0.05) is 27.5 Å². The first-order valence-electron chi connectivity index (χ1n) is 7.17. The van der Waals surface area contributed by atoms with Crippen molar-refractivity contribution in [3.63, 3.8) is 0 Å². The lowest BCUT2D eigenvalue weighted by Crippen LogP contribution is -2.25. The number of aryl methyl sites for hydroxylation is 2. The highest BCUT2D eigenvalue weighted by atomic mass is 79.9. The SMILES string of the molecule is Cc1cc(Br)cc(C)c1OCC(=O)NN=Cc1cc(Cl)cc(Br)c1O. The van der Waals surface area contributed by atoms with E-state index in [1.54, 1.807) is 6.07 Å². The van der Waals surface area contributed by atoms with Crippen LogP contribution >= 0.6 is 43.5 Å². The number of amides is 1. The number of hydrogen-bond donors (Lipinski definition) is 2. The molecule has 0 spiro atoms. The Labute approximate surface area is 167 Å². The largest absolute Gasteiger partial charge is 0.506 e. The molecule has 0 bridgehead atoms. The van der Waals surface area contributed by atoms with Crippen LogP contribution in [-0.2, 0) is 4.79 Å². The van der Waals surface area contributed by atoms with Crippen LogP contribution in [0.1, 0.15) is 16.7 Å². The Bertz CT molecular complexity index is 818. The van der Waals surface area contributed by atoms with E-state index < -0.39 is 5.91 Å². The highest BCUT2D eigenvalue weighted by molar-refractivity contribution is 9.10. The second kappa shape index (κ2) is 8.69. The van der Waals surface area contributed by atoms with Crippen LogP contribution in [0.3, 0.4) is 0 Å². The van der Waals surface area contributed by atoms with Crippen LogP contribution < -0.4 is 10.2 Å². The van der Waals surface area contributed by atoms with Crippen molar-refractivity contribution in [3.8, 4) is 11.5 Å². The maximum absolute atomic E-state index is 11.9. The standard InChI is InChI=1S/C17H15Br2ClN2O3/c1-9-3-12(18)4-10(2)17(9)25-8-15(23)22-21-7-11-5-13(20)6-14(19)16(11)24/h3-7,24H,8H2,1-2H3,(H,22,23). The van der Waals surface area contributed by atoms with Gasteiger partial charge < -0.3 is 9.84 Å². The van der Waals surface area contributed by atoms with E-state index in [1.165, 1.54) is 12.3 Å². The highest BCUT2D eigenvalue weighted by Gasteiger charge is 2.09. The zero-order chi connectivity index (χ0) is 18.6. The van der Waals surface area contributed by atoms with Gasteiger partial charge in [-0.15, -0.1) is 0 Å². The summed E-state index contributed by atoms with van der Waals surface area (Å²) in [5.74, 6) is 0.233. The third-order valence-electron chi connectivity index (χ3n) is 3.22. The fourth-order valence-electron chi connectivity index (χ4n) is 2.15. The Morgan fingerprint density at radius 3 is 2.56 bits per heavy atom. The minimum Gasteiger partial charge on any atom is -0.506 e. The second-order valence-electron chi connectivity index (χ2n) is 5.28. The molecule has 0 unspecified atom stereocenters. The molecule has 0 radical (unpaired) electrons. The predicted molar refractivity (Wildman–Crippen MR) is 106 cm³/mol. The van der Waals surface area contributed by atoms with Crippen molar-refractivity contribution < 1.29 is 14.6 Å². The van der Waals surface area contributed by atoms with E-state index in [-0.39, 0.29) is 12.4 Å². The molecule has 25 heavy (non-hydrogen) atoms. The molecule has 0 saturated heterocycles. The molecule has 0 aliphatic heterocycles. The Hall–Kier alpha value is -1.57. The minimum atomic E-state index is -0.418. The number of benzene rings is 2. The molecule has 5 nitrogen and oxygen atoms in total. The van der Waals surface area contributed by atoms with Gasteiger partial charge in [-0.05, 0) is 65.2 Å². The molecule has 2 aromatic carbocycles. The molecule has 0 heterocycles. The predicted octanol–water partition coefficient (Wildman–Crippen LogP) is 4.72. The molecule has 0 fully saturated rings. The zero-order valence-corrected chi connectivity index (χ0v) is 17.4. The van der Waals surface area contributed by atoms with Gasteiger partial charge in [0.25, 0.3) is 5.91 Å². The summed E-state index contributed by atoms with van der Waals surface area (Å²) in [6.07, 6.45) is 1.31. The molecule has 0 atom stereocenters. The summed E-state index contributed by atoms with van der Waals surface area (Å²) in [7, 11) is 0. The minimum absolute atomic E-state index is 0.0141. The number of aromatic hydroxyl groups is 1. The van der Waals surface area contributed by atoms with Crippen molar-refractivity contribution in [2.45, 2.75) is 13.8 Å². The normalized spacial score (nSPS) is 10.9. The number of ether oxygens (including phenoxy) is 1. The van der Waals surface area contributed by atoms with E-state index in [9.17, 15) is 9.90 Å². The summed E-state index contributed by atoms with van der Waals surface area (Å²) in [6, 6.07) is 6.92. The van der Waals surface area contributed by atoms with Gasteiger partial charge in [0.2, 0.25) is 0 Å². The monoisotopic (exact) mass is 488 g/mol. The molecule has 1 amide bonds. The fraction of sp³-hybridized carbons (Fsp3) is 0.176. The molecule has 8 heteroatoms. The number of carbonyl (C=O) groups excluding carboxylic acids is 1. The maximum atomic E-state index is 11.9. The van der Waals surface area contributed by atoms with Crippen LogP contribution in [0.25, 0.3) is 0 Å². The van der Waals surface area contributed by atoms with Gasteiger partial charge in [-0.3, -0.25) is 4.79 Å². The van der Waals surface area contributed by atoms with Crippen LogP contribution in [0.5, 0.6) is 11.5 Å². The van der Waals surface area contributed by atoms with E-state index in [0.29, 0.717) is 20.8 Å². The summed E-state index contributed by atoms with van der Waals surface area (Å²) in [5, 5.41) is 14.1. The number of phenols is 1. The number of hydrazone groups is 1. The lowest BCUT2D eigenvalue weighted by Gasteiger charge is -2.11. The van der Waals surface area contributed by atoms with Crippen molar-refractivity contribution in [1.29, 1.82) is 0 Å². The molecular weight excluding hydrogens is 475 g/mol. The summed E-state index contributed by atoms with van der Waals surface area (Å²) in [5.41, 5.74) is 4.58. The molecule has 2 N–H and O–H groups in total. The maximum Gasteiger partial charge on any atom is 0.277 e. The number of hydrogen-bond acceptors (Lipinski definition) is 4. The number of nitrogens with one attached hydrogen (secondary N) is 1. The summed E-state index contributed by atoms with van der Waals surface area (Å²) in [4.78, 5) is 11.9. The average molecular weight is 491 g/mol. The number of nitrogens with zero attached hydrogens (tertiary/aromatic N) is 1. The summed E-state index contributed by atoms with van der Waals surface area (Å²) < 4.78 is 6.96. The quantitative estimate of drug-likeness (QED) is 0.471. The average Bonchev–Trinajstić information content (AvgIpc) is 2.50. The lowest BCUT2D eigenvalue weighted by molar-refractivity contribution is -0.123. The zero-order valence-electron chi connectivity index (χ0n) is 13.4.